The fraction of sp³-hybridized carbons (Fsp3) is 0.714. The third kappa shape index (κ3) is 3.80. The molecule has 0 unspecified atom stereocenters. The summed E-state index contributed by atoms with van der Waals surface area (Å²) in [5.41, 5.74) is 6.83. The van der Waals surface area contributed by atoms with Crippen LogP contribution < -0.4 is 10.6 Å². The van der Waals surface area contributed by atoms with Crippen molar-refractivity contribution in [2.24, 2.45) is 0 Å². The molecule has 0 amide bonds. The van der Waals surface area contributed by atoms with Crippen LogP contribution in [0.5, 0.6) is 0 Å². The van der Waals surface area contributed by atoms with E-state index in [4.69, 9.17) is 10.5 Å². The van der Waals surface area contributed by atoms with E-state index in [2.05, 4.69) is 28.8 Å². The molecule has 0 aromatic carbocycles. The molecule has 2 rings (SSSR count). The number of aromatic nitrogens is 2. The molecule has 1 atom stereocenters. The molecule has 1 fully saturated rings. The molecule has 1 aromatic heterocycles. The molecule has 5 heteroatoms. The Morgan fingerprint density at radius 3 is 3.00 bits per heavy atom. The number of rotatable bonds is 5. The number of anilines is 2. The van der Waals surface area contributed by atoms with Gasteiger partial charge in [-0.1, -0.05) is 6.92 Å². The zero-order valence-corrected chi connectivity index (χ0v) is 11.9. The number of aryl methyl sites for hydroxylation is 1. The lowest BCUT2D eigenvalue weighted by Gasteiger charge is -2.26. The first kappa shape index (κ1) is 14.1. The molecule has 0 aliphatic carbocycles. The second kappa shape index (κ2) is 6.70. The molecule has 19 heavy (non-hydrogen) atoms. The summed E-state index contributed by atoms with van der Waals surface area (Å²) in [5, 5.41) is 0. The van der Waals surface area contributed by atoms with E-state index in [0.717, 1.165) is 37.4 Å². The summed E-state index contributed by atoms with van der Waals surface area (Å²) in [6.45, 7) is 3.96. The maximum atomic E-state index is 5.76. The molecule has 2 N–H and O–H groups in total. The number of nitrogens with zero attached hydrogens (tertiary/aromatic N) is 3. The smallest absolute Gasteiger partial charge is 0.221 e. The van der Waals surface area contributed by atoms with Crippen molar-refractivity contribution in [2.45, 2.75) is 45.1 Å². The highest BCUT2D eigenvalue weighted by Crippen LogP contribution is 2.20. The van der Waals surface area contributed by atoms with Crippen molar-refractivity contribution < 1.29 is 4.74 Å². The Kier molecular flexibility index (Phi) is 4.96. The van der Waals surface area contributed by atoms with Crippen LogP contribution in [0.25, 0.3) is 0 Å². The molecule has 0 radical (unpaired) electrons. The van der Waals surface area contributed by atoms with E-state index in [1.165, 1.54) is 19.3 Å². The van der Waals surface area contributed by atoms with E-state index in [-0.39, 0.29) is 0 Å². The van der Waals surface area contributed by atoms with Gasteiger partial charge in [-0.3, -0.25) is 0 Å². The normalized spacial score (nSPS) is 19.4. The van der Waals surface area contributed by atoms with Gasteiger partial charge in [0.15, 0.2) is 0 Å². The zero-order valence-electron chi connectivity index (χ0n) is 11.9. The minimum absolute atomic E-state index is 0.341. The van der Waals surface area contributed by atoms with E-state index >= 15 is 0 Å². The summed E-state index contributed by atoms with van der Waals surface area (Å²) < 4.78 is 5.76. The monoisotopic (exact) mass is 264 g/mol. The quantitative estimate of drug-likeness (QED) is 0.881. The predicted molar refractivity (Wildman–Crippen MR) is 77.3 cm³/mol. The van der Waals surface area contributed by atoms with Crippen molar-refractivity contribution in [3.8, 4) is 0 Å². The van der Waals surface area contributed by atoms with E-state index < -0.39 is 0 Å². The molecule has 0 saturated carbocycles. The van der Waals surface area contributed by atoms with Crippen LogP contribution in [0.2, 0.25) is 0 Å². The Morgan fingerprint density at radius 1 is 1.47 bits per heavy atom. The second-order valence-electron chi connectivity index (χ2n) is 5.13. The fourth-order valence-electron chi connectivity index (χ4n) is 2.47. The van der Waals surface area contributed by atoms with Gasteiger partial charge in [-0.15, -0.1) is 0 Å². The third-order valence-electron chi connectivity index (χ3n) is 3.66. The fourth-order valence-corrected chi connectivity index (χ4v) is 2.47. The number of hydrogen-bond donors (Lipinski definition) is 1. The van der Waals surface area contributed by atoms with Crippen LogP contribution in [-0.2, 0) is 11.2 Å². The van der Waals surface area contributed by atoms with E-state index in [0.29, 0.717) is 12.1 Å². The largest absolute Gasteiger partial charge is 0.378 e. The van der Waals surface area contributed by atoms with Gasteiger partial charge in [0.05, 0.1) is 6.10 Å². The number of ether oxygens (including phenoxy) is 1. The van der Waals surface area contributed by atoms with Gasteiger partial charge in [-0.05, 0) is 32.1 Å². The SMILES string of the molecule is CCc1cnc(N)nc1N(C)CC[C@@H]1CCCCO1. The topological polar surface area (TPSA) is 64.3 Å². The van der Waals surface area contributed by atoms with Gasteiger partial charge in [0, 0.05) is 32.0 Å². The van der Waals surface area contributed by atoms with E-state index in [1.807, 2.05) is 6.20 Å². The number of nitrogens with two attached hydrogens (primary N) is 1. The molecule has 106 valence electrons. The zero-order chi connectivity index (χ0) is 13.7. The van der Waals surface area contributed by atoms with Gasteiger partial charge in [0.25, 0.3) is 0 Å². The maximum absolute atomic E-state index is 5.76. The van der Waals surface area contributed by atoms with Crippen molar-refractivity contribution in [1.82, 2.24) is 9.97 Å². The summed E-state index contributed by atoms with van der Waals surface area (Å²) >= 11 is 0. The summed E-state index contributed by atoms with van der Waals surface area (Å²) in [7, 11) is 2.06. The summed E-state index contributed by atoms with van der Waals surface area (Å²) in [6, 6.07) is 0. The van der Waals surface area contributed by atoms with Gasteiger partial charge in [-0.25, -0.2) is 4.98 Å². The Labute approximate surface area is 115 Å². The molecule has 0 bridgehead atoms. The Balaban J connectivity index is 1.94. The Morgan fingerprint density at radius 2 is 2.32 bits per heavy atom. The molecule has 1 aromatic rings. The van der Waals surface area contributed by atoms with Gasteiger partial charge in [0.1, 0.15) is 5.82 Å². The summed E-state index contributed by atoms with van der Waals surface area (Å²) in [5.74, 6) is 1.29. The lowest BCUT2D eigenvalue weighted by Crippen LogP contribution is -2.28. The Hall–Kier alpha value is -1.36. The minimum Gasteiger partial charge on any atom is -0.378 e. The van der Waals surface area contributed by atoms with E-state index in [1.54, 1.807) is 0 Å². The number of hydrogen-bond acceptors (Lipinski definition) is 5. The highest BCUT2D eigenvalue weighted by molar-refractivity contribution is 5.47. The first-order valence-electron chi connectivity index (χ1n) is 7.14. The van der Waals surface area contributed by atoms with Crippen molar-refractivity contribution in [2.75, 3.05) is 30.8 Å². The van der Waals surface area contributed by atoms with Crippen LogP contribution in [0.15, 0.2) is 6.20 Å². The first-order valence-corrected chi connectivity index (χ1v) is 7.14. The molecule has 1 aliphatic rings. The lowest BCUT2D eigenvalue weighted by atomic mass is 10.1. The molecular weight excluding hydrogens is 240 g/mol. The van der Waals surface area contributed by atoms with E-state index in [9.17, 15) is 0 Å². The van der Waals surface area contributed by atoms with Crippen LogP contribution in [-0.4, -0.2) is 36.3 Å². The van der Waals surface area contributed by atoms with Crippen LogP contribution in [0, 0.1) is 0 Å². The minimum atomic E-state index is 0.341. The average Bonchev–Trinajstić information content (AvgIpc) is 2.46. The average molecular weight is 264 g/mol. The number of nitrogen functional groups attached to an aromatic ring is 1. The molecule has 1 saturated heterocycles. The van der Waals surface area contributed by atoms with Crippen LogP contribution in [0.3, 0.4) is 0 Å². The summed E-state index contributed by atoms with van der Waals surface area (Å²) in [6.07, 6.45) is 7.86. The Bertz CT molecular complexity index is 404. The highest BCUT2D eigenvalue weighted by atomic mass is 16.5. The van der Waals surface area contributed by atoms with Crippen LogP contribution >= 0.6 is 0 Å². The molecule has 0 spiro atoms. The molecule has 5 nitrogen and oxygen atoms in total. The highest BCUT2D eigenvalue weighted by Gasteiger charge is 2.16. The first-order chi connectivity index (χ1) is 9.20. The molecule has 1 aliphatic heterocycles. The summed E-state index contributed by atoms with van der Waals surface area (Å²) in [4.78, 5) is 10.6. The second-order valence-corrected chi connectivity index (χ2v) is 5.13. The van der Waals surface area contributed by atoms with Gasteiger partial charge in [-0.2, -0.15) is 4.98 Å². The molecular formula is C14H24N4O. The van der Waals surface area contributed by atoms with Crippen molar-refractivity contribution >= 4 is 11.8 Å². The predicted octanol–water partition coefficient (Wildman–Crippen LogP) is 2.02. The van der Waals surface area contributed by atoms with Gasteiger partial charge >= 0.3 is 0 Å². The van der Waals surface area contributed by atoms with Crippen molar-refractivity contribution in [1.29, 1.82) is 0 Å². The van der Waals surface area contributed by atoms with Gasteiger partial charge < -0.3 is 15.4 Å². The standard InChI is InChI=1S/C14H24N4O/c1-3-11-10-16-14(15)17-13(11)18(2)8-7-12-6-4-5-9-19-12/h10,12H,3-9H2,1-2H3,(H2,15,16,17)/t12-/m0/s1. The van der Waals surface area contributed by atoms with Crippen molar-refractivity contribution in [3.63, 3.8) is 0 Å². The third-order valence-corrected chi connectivity index (χ3v) is 3.66. The maximum Gasteiger partial charge on any atom is 0.221 e. The molecule has 2 heterocycles. The van der Waals surface area contributed by atoms with Gasteiger partial charge in [0.2, 0.25) is 5.95 Å². The van der Waals surface area contributed by atoms with Crippen LogP contribution in [0.1, 0.15) is 38.2 Å². The van der Waals surface area contributed by atoms with Crippen molar-refractivity contribution in [3.05, 3.63) is 11.8 Å². The van der Waals surface area contributed by atoms with Crippen LogP contribution in [0.4, 0.5) is 11.8 Å². The lowest BCUT2D eigenvalue weighted by molar-refractivity contribution is 0.0126.